The molecular weight excluding hydrogens is 534 g/mol. The molecule has 0 saturated heterocycles. The fraction of sp³-hybridized carbons (Fsp3) is 0.333. The molecule has 1 N–H and O–H groups in total. The van der Waals surface area contributed by atoms with E-state index in [1.807, 2.05) is 58.0 Å². The first-order valence-electron chi connectivity index (χ1n) is 12.8. The largest absolute Gasteiger partial charge is 0.350 e. The van der Waals surface area contributed by atoms with Crippen LogP contribution >= 0.6 is 11.6 Å². The molecule has 0 saturated carbocycles. The average molecular weight is 570 g/mol. The minimum absolute atomic E-state index is 0.00933. The zero-order valence-electron chi connectivity index (χ0n) is 23.0. The Kier molecular flexibility index (Phi) is 9.80. The number of hydrogen-bond acceptors (Lipinski definition) is 4. The number of amides is 2. The third-order valence-electron chi connectivity index (χ3n) is 6.14. The summed E-state index contributed by atoms with van der Waals surface area (Å²) in [5, 5.41) is 3.37. The van der Waals surface area contributed by atoms with Crippen LogP contribution in [-0.2, 0) is 26.2 Å². The van der Waals surface area contributed by atoms with Gasteiger partial charge in [0.25, 0.3) is 10.0 Å². The topological polar surface area (TPSA) is 86.8 Å². The van der Waals surface area contributed by atoms with Crippen molar-refractivity contribution in [1.82, 2.24) is 10.2 Å². The highest BCUT2D eigenvalue weighted by Crippen LogP contribution is 2.28. The van der Waals surface area contributed by atoms with Crippen LogP contribution in [0.1, 0.15) is 45.2 Å². The predicted molar refractivity (Wildman–Crippen MR) is 156 cm³/mol. The van der Waals surface area contributed by atoms with Gasteiger partial charge in [0.15, 0.2) is 0 Å². The molecular formula is C30H36ClN3O4S. The number of rotatable bonds is 10. The van der Waals surface area contributed by atoms with E-state index in [4.69, 9.17) is 11.6 Å². The Morgan fingerprint density at radius 3 is 2.08 bits per heavy atom. The number of carbonyl (C=O) groups is 2. The summed E-state index contributed by atoms with van der Waals surface area (Å²) in [6.07, 6.45) is 0.356. The van der Waals surface area contributed by atoms with Crippen molar-refractivity contribution < 1.29 is 18.0 Å². The van der Waals surface area contributed by atoms with Gasteiger partial charge in [0.2, 0.25) is 11.8 Å². The predicted octanol–water partition coefficient (Wildman–Crippen LogP) is 5.57. The molecule has 0 radical (unpaired) electrons. The first-order chi connectivity index (χ1) is 18.3. The molecule has 208 valence electrons. The maximum absolute atomic E-state index is 14.1. The number of benzene rings is 3. The van der Waals surface area contributed by atoms with Crippen molar-refractivity contribution in [3.63, 3.8) is 0 Å². The minimum atomic E-state index is -4.15. The molecule has 3 rings (SSSR count). The van der Waals surface area contributed by atoms with E-state index in [0.29, 0.717) is 22.7 Å². The van der Waals surface area contributed by atoms with Gasteiger partial charge in [-0.1, -0.05) is 67.1 Å². The Hall–Kier alpha value is -3.36. The molecule has 0 aliphatic carbocycles. The summed E-state index contributed by atoms with van der Waals surface area (Å²) in [6, 6.07) is 21.4. The standard InChI is InChI=1S/C30H36ClN3O4S/c1-6-26(29(36)32-30(3,4)5)33(20-23-13-8-7-9-14-23)28(35)21-34(27-15-11-10-12-22(27)2)39(37,38)25-18-16-24(31)17-19-25/h7-19,26H,6,20-21H2,1-5H3,(H,32,36)/t26-/m1/s1. The zero-order chi connectivity index (χ0) is 28.8. The first-order valence-corrected chi connectivity index (χ1v) is 14.6. The van der Waals surface area contributed by atoms with Crippen molar-refractivity contribution >= 4 is 39.1 Å². The van der Waals surface area contributed by atoms with Gasteiger partial charge in [-0.15, -0.1) is 0 Å². The monoisotopic (exact) mass is 569 g/mol. The van der Waals surface area contributed by atoms with E-state index < -0.39 is 34.1 Å². The second-order valence-corrected chi connectivity index (χ2v) is 12.7. The molecule has 0 unspecified atom stereocenters. The molecule has 3 aromatic carbocycles. The number of halogens is 1. The Morgan fingerprint density at radius 2 is 1.51 bits per heavy atom. The summed E-state index contributed by atoms with van der Waals surface area (Å²) in [7, 11) is -4.15. The van der Waals surface area contributed by atoms with Crippen molar-refractivity contribution in [2.24, 2.45) is 0 Å². The van der Waals surface area contributed by atoms with Crippen molar-refractivity contribution in [2.45, 2.75) is 64.1 Å². The molecule has 0 aliphatic heterocycles. The summed E-state index contributed by atoms with van der Waals surface area (Å²) >= 11 is 6.01. The average Bonchev–Trinajstić information content (AvgIpc) is 2.87. The van der Waals surface area contributed by atoms with Gasteiger partial charge >= 0.3 is 0 Å². The molecule has 0 spiro atoms. The smallest absolute Gasteiger partial charge is 0.264 e. The Morgan fingerprint density at radius 1 is 0.923 bits per heavy atom. The molecule has 0 aliphatic rings. The second-order valence-electron chi connectivity index (χ2n) is 10.4. The van der Waals surface area contributed by atoms with E-state index in [1.165, 1.54) is 29.2 Å². The van der Waals surface area contributed by atoms with Gasteiger partial charge in [0.05, 0.1) is 10.6 Å². The lowest BCUT2D eigenvalue weighted by Gasteiger charge is -2.35. The SMILES string of the molecule is CC[C@H](C(=O)NC(C)(C)C)N(Cc1ccccc1)C(=O)CN(c1ccccc1C)S(=O)(=O)c1ccc(Cl)cc1. The van der Waals surface area contributed by atoms with Gasteiger partial charge in [0, 0.05) is 17.1 Å². The van der Waals surface area contributed by atoms with Crippen molar-refractivity contribution in [2.75, 3.05) is 10.8 Å². The lowest BCUT2D eigenvalue weighted by atomic mass is 10.1. The number of hydrogen-bond donors (Lipinski definition) is 1. The second kappa shape index (κ2) is 12.7. The van der Waals surface area contributed by atoms with Gasteiger partial charge in [-0.3, -0.25) is 13.9 Å². The third kappa shape index (κ3) is 7.83. The van der Waals surface area contributed by atoms with Gasteiger partial charge in [-0.05, 0) is 75.6 Å². The summed E-state index contributed by atoms with van der Waals surface area (Å²) in [5.74, 6) is -0.784. The van der Waals surface area contributed by atoms with E-state index in [0.717, 1.165) is 9.87 Å². The molecule has 0 heterocycles. The van der Waals surface area contributed by atoms with Crippen LogP contribution in [-0.4, -0.2) is 43.3 Å². The van der Waals surface area contributed by atoms with E-state index >= 15 is 0 Å². The van der Waals surface area contributed by atoms with Crippen molar-refractivity contribution in [1.29, 1.82) is 0 Å². The van der Waals surface area contributed by atoms with Crippen LogP contribution < -0.4 is 9.62 Å². The van der Waals surface area contributed by atoms with Gasteiger partial charge in [0.1, 0.15) is 12.6 Å². The van der Waals surface area contributed by atoms with Crippen LogP contribution in [0.25, 0.3) is 0 Å². The number of anilines is 1. The molecule has 2 amide bonds. The Bertz CT molecular complexity index is 1390. The number of sulfonamides is 1. The Labute approximate surface area is 236 Å². The van der Waals surface area contributed by atoms with Crippen molar-refractivity contribution in [3.8, 4) is 0 Å². The van der Waals surface area contributed by atoms with Crippen molar-refractivity contribution in [3.05, 3.63) is 95.0 Å². The zero-order valence-corrected chi connectivity index (χ0v) is 24.6. The maximum Gasteiger partial charge on any atom is 0.264 e. The van der Waals surface area contributed by atoms with Crippen LogP contribution in [0.4, 0.5) is 5.69 Å². The van der Waals surface area contributed by atoms with E-state index in [2.05, 4.69) is 5.32 Å². The molecule has 7 nitrogen and oxygen atoms in total. The number of nitrogens with one attached hydrogen (secondary N) is 1. The van der Waals surface area contributed by atoms with Gasteiger partial charge in [-0.2, -0.15) is 0 Å². The fourth-order valence-corrected chi connectivity index (χ4v) is 5.85. The molecule has 0 aromatic heterocycles. The molecule has 0 fully saturated rings. The van der Waals surface area contributed by atoms with Crippen LogP contribution in [0.2, 0.25) is 5.02 Å². The number of para-hydroxylation sites is 1. The number of carbonyl (C=O) groups excluding carboxylic acids is 2. The number of nitrogens with zero attached hydrogens (tertiary/aromatic N) is 2. The van der Waals surface area contributed by atoms with Crippen LogP contribution in [0.3, 0.4) is 0 Å². The summed E-state index contributed by atoms with van der Waals surface area (Å²) in [5.41, 5.74) is 1.40. The molecule has 9 heteroatoms. The maximum atomic E-state index is 14.1. The van der Waals surface area contributed by atoms with E-state index in [9.17, 15) is 18.0 Å². The highest BCUT2D eigenvalue weighted by Gasteiger charge is 2.35. The quantitative estimate of drug-likeness (QED) is 0.346. The summed E-state index contributed by atoms with van der Waals surface area (Å²) < 4.78 is 28.9. The lowest BCUT2D eigenvalue weighted by molar-refractivity contribution is -0.141. The van der Waals surface area contributed by atoms with Gasteiger partial charge in [-0.25, -0.2) is 8.42 Å². The highest BCUT2D eigenvalue weighted by atomic mass is 35.5. The van der Waals surface area contributed by atoms with E-state index in [-0.39, 0.29) is 17.3 Å². The summed E-state index contributed by atoms with van der Waals surface area (Å²) in [4.78, 5) is 28.9. The normalized spacial score (nSPS) is 12.5. The minimum Gasteiger partial charge on any atom is -0.350 e. The highest BCUT2D eigenvalue weighted by molar-refractivity contribution is 7.92. The molecule has 1 atom stereocenters. The number of aryl methyl sites for hydroxylation is 1. The van der Waals surface area contributed by atoms with Crippen LogP contribution in [0.15, 0.2) is 83.8 Å². The van der Waals surface area contributed by atoms with Crippen LogP contribution in [0, 0.1) is 6.92 Å². The lowest BCUT2D eigenvalue weighted by Crippen LogP contribution is -2.55. The van der Waals surface area contributed by atoms with Gasteiger partial charge < -0.3 is 10.2 Å². The fourth-order valence-electron chi connectivity index (χ4n) is 4.24. The van der Waals surface area contributed by atoms with Crippen LogP contribution in [0.5, 0.6) is 0 Å². The first kappa shape index (κ1) is 30.2. The molecule has 0 bridgehead atoms. The third-order valence-corrected chi connectivity index (χ3v) is 8.17. The molecule has 39 heavy (non-hydrogen) atoms. The molecule has 3 aromatic rings. The Balaban J connectivity index is 2.07. The summed E-state index contributed by atoms with van der Waals surface area (Å²) in [6.45, 7) is 8.92. The van der Waals surface area contributed by atoms with E-state index in [1.54, 1.807) is 31.2 Å².